The highest BCUT2D eigenvalue weighted by Crippen LogP contribution is 2.14. The fraction of sp³-hybridized carbons (Fsp3) is 0.0455. The molecule has 0 radical (unpaired) electrons. The average molecular weight is 358 g/mol. The van der Waals surface area contributed by atoms with E-state index in [2.05, 4.69) is 10.5 Å². The maximum absolute atomic E-state index is 12.1. The highest BCUT2D eigenvalue weighted by molar-refractivity contribution is 5.95. The van der Waals surface area contributed by atoms with Crippen molar-refractivity contribution in [2.45, 2.75) is 6.92 Å². The summed E-state index contributed by atoms with van der Waals surface area (Å²) in [6.45, 7) is 1.96. The molecule has 3 rings (SSSR count). The highest BCUT2D eigenvalue weighted by atomic mass is 16.5. The third-order valence-corrected chi connectivity index (χ3v) is 3.79. The van der Waals surface area contributed by atoms with Crippen molar-refractivity contribution < 1.29 is 14.3 Å². The van der Waals surface area contributed by atoms with Crippen LogP contribution >= 0.6 is 0 Å². The number of carbonyl (C=O) groups is 2. The number of nitrogens with zero attached hydrogens (tertiary/aromatic N) is 1. The zero-order valence-electron chi connectivity index (χ0n) is 14.8. The Hall–Kier alpha value is -3.73. The lowest BCUT2D eigenvalue weighted by Gasteiger charge is -2.05. The van der Waals surface area contributed by atoms with Gasteiger partial charge in [-0.05, 0) is 61.0 Å². The van der Waals surface area contributed by atoms with Crippen molar-refractivity contribution in [3.63, 3.8) is 0 Å². The minimum atomic E-state index is -0.411. The van der Waals surface area contributed by atoms with Gasteiger partial charge in [0.15, 0.2) is 0 Å². The molecule has 1 N–H and O–H groups in total. The highest BCUT2D eigenvalue weighted by Gasteiger charge is 2.08. The van der Waals surface area contributed by atoms with E-state index in [9.17, 15) is 9.59 Å². The van der Waals surface area contributed by atoms with Crippen molar-refractivity contribution >= 4 is 18.1 Å². The van der Waals surface area contributed by atoms with Gasteiger partial charge in [0, 0.05) is 5.56 Å². The zero-order chi connectivity index (χ0) is 19.1. The number of nitrogens with one attached hydrogen (secondary N) is 1. The lowest BCUT2D eigenvalue weighted by Crippen LogP contribution is -2.17. The van der Waals surface area contributed by atoms with Crippen LogP contribution in [-0.2, 0) is 0 Å². The van der Waals surface area contributed by atoms with Crippen molar-refractivity contribution in [3.8, 4) is 5.75 Å². The third kappa shape index (κ3) is 5.12. The van der Waals surface area contributed by atoms with Gasteiger partial charge in [0.2, 0.25) is 0 Å². The molecule has 0 aromatic heterocycles. The van der Waals surface area contributed by atoms with Crippen LogP contribution < -0.4 is 10.2 Å². The summed E-state index contributed by atoms with van der Waals surface area (Å²) in [5.41, 5.74) is 5.34. The molecule has 0 spiro atoms. The van der Waals surface area contributed by atoms with Gasteiger partial charge in [0.1, 0.15) is 5.75 Å². The Bertz CT molecular complexity index is 947. The molecule has 3 aromatic rings. The van der Waals surface area contributed by atoms with Crippen molar-refractivity contribution in [2.75, 3.05) is 0 Å². The van der Waals surface area contributed by atoms with Gasteiger partial charge >= 0.3 is 5.97 Å². The van der Waals surface area contributed by atoms with Crippen molar-refractivity contribution in [2.24, 2.45) is 5.10 Å². The van der Waals surface area contributed by atoms with Gasteiger partial charge in [-0.15, -0.1) is 0 Å². The topological polar surface area (TPSA) is 67.8 Å². The third-order valence-electron chi connectivity index (χ3n) is 3.79. The fourth-order valence-corrected chi connectivity index (χ4v) is 2.30. The second kappa shape index (κ2) is 8.58. The number of amides is 1. The molecule has 5 heteroatoms. The molecule has 0 saturated carbocycles. The molecule has 0 aliphatic heterocycles. The Morgan fingerprint density at radius 2 is 1.52 bits per heavy atom. The Morgan fingerprint density at radius 3 is 2.19 bits per heavy atom. The van der Waals surface area contributed by atoms with E-state index < -0.39 is 5.97 Å². The number of esters is 1. The second-order valence-electron chi connectivity index (χ2n) is 5.89. The summed E-state index contributed by atoms with van der Waals surface area (Å²) in [5.74, 6) is -0.256. The largest absolute Gasteiger partial charge is 0.423 e. The number of ether oxygens (including phenoxy) is 1. The van der Waals surface area contributed by atoms with Crippen LogP contribution in [0.2, 0.25) is 0 Å². The molecule has 0 heterocycles. The normalized spacial score (nSPS) is 10.6. The predicted molar refractivity (Wildman–Crippen MR) is 104 cm³/mol. The Morgan fingerprint density at radius 1 is 0.852 bits per heavy atom. The van der Waals surface area contributed by atoms with Crippen molar-refractivity contribution in [1.29, 1.82) is 0 Å². The summed E-state index contributed by atoms with van der Waals surface area (Å²) in [6.07, 6.45) is 1.52. The van der Waals surface area contributed by atoms with Crippen LogP contribution in [0.4, 0.5) is 0 Å². The number of aryl methyl sites for hydroxylation is 1. The van der Waals surface area contributed by atoms with E-state index in [0.29, 0.717) is 16.9 Å². The maximum Gasteiger partial charge on any atom is 0.343 e. The molecule has 0 aliphatic rings. The minimum Gasteiger partial charge on any atom is -0.423 e. The van der Waals surface area contributed by atoms with Crippen LogP contribution in [0.3, 0.4) is 0 Å². The summed E-state index contributed by atoms with van der Waals surface area (Å²) in [6, 6.07) is 22.9. The molecule has 3 aromatic carbocycles. The first-order valence-corrected chi connectivity index (χ1v) is 8.39. The van der Waals surface area contributed by atoms with Crippen LogP contribution in [0.25, 0.3) is 0 Å². The number of benzene rings is 3. The molecule has 0 aliphatic carbocycles. The fourth-order valence-electron chi connectivity index (χ4n) is 2.30. The Balaban J connectivity index is 1.56. The van der Waals surface area contributed by atoms with E-state index in [1.165, 1.54) is 6.21 Å². The number of hydrogen-bond acceptors (Lipinski definition) is 4. The van der Waals surface area contributed by atoms with Gasteiger partial charge in [0.05, 0.1) is 11.8 Å². The SMILES string of the molecule is Cc1ccc(C(=O)Oc2ccc(/C=N\NC(=O)c3ccccc3)cc2)cc1. The number of carbonyl (C=O) groups excluding carboxylic acids is 2. The second-order valence-corrected chi connectivity index (χ2v) is 5.89. The molecular formula is C22H18N2O3. The van der Waals surface area contributed by atoms with Crippen LogP contribution in [0.5, 0.6) is 5.75 Å². The molecule has 134 valence electrons. The van der Waals surface area contributed by atoms with Gasteiger partial charge in [-0.25, -0.2) is 10.2 Å². The first-order valence-electron chi connectivity index (χ1n) is 8.39. The first-order chi connectivity index (χ1) is 13.1. The molecule has 0 fully saturated rings. The molecule has 0 saturated heterocycles. The summed E-state index contributed by atoms with van der Waals surface area (Å²) < 4.78 is 5.34. The van der Waals surface area contributed by atoms with E-state index in [-0.39, 0.29) is 5.91 Å². The number of rotatable bonds is 5. The molecule has 5 nitrogen and oxygen atoms in total. The zero-order valence-corrected chi connectivity index (χ0v) is 14.8. The maximum atomic E-state index is 12.1. The van der Waals surface area contributed by atoms with Crippen LogP contribution in [0.1, 0.15) is 31.8 Å². The molecule has 0 bridgehead atoms. The van der Waals surface area contributed by atoms with E-state index >= 15 is 0 Å². The number of hydrazone groups is 1. The van der Waals surface area contributed by atoms with E-state index in [4.69, 9.17) is 4.74 Å². The van der Waals surface area contributed by atoms with Crippen molar-refractivity contribution in [1.82, 2.24) is 5.43 Å². The van der Waals surface area contributed by atoms with E-state index in [0.717, 1.165) is 11.1 Å². The lowest BCUT2D eigenvalue weighted by atomic mass is 10.1. The molecule has 27 heavy (non-hydrogen) atoms. The Kier molecular flexibility index (Phi) is 5.74. The predicted octanol–water partition coefficient (Wildman–Crippen LogP) is 3.98. The standard InChI is InChI=1S/C22H18N2O3/c1-16-7-11-19(12-8-16)22(26)27-20-13-9-17(10-14-20)15-23-24-21(25)18-5-3-2-4-6-18/h2-15H,1H3,(H,24,25)/b23-15-. The van der Waals surface area contributed by atoms with Crippen LogP contribution in [-0.4, -0.2) is 18.1 Å². The number of hydrogen-bond donors (Lipinski definition) is 1. The monoisotopic (exact) mass is 358 g/mol. The molecule has 0 unspecified atom stereocenters. The summed E-state index contributed by atoms with van der Waals surface area (Å²) in [5, 5.41) is 3.93. The Labute approximate surface area is 157 Å². The smallest absolute Gasteiger partial charge is 0.343 e. The van der Waals surface area contributed by atoms with E-state index in [1.54, 1.807) is 60.7 Å². The van der Waals surface area contributed by atoms with Crippen LogP contribution in [0, 0.1) is 6.92 Å². The minimum absolute atomic E-state index is 0.282. The summed E-state index contributed by atoms with van der Waals surface area (Å²) >= 11 is 0. The van der Waals surface area contributed by atoms with Gasteiger partial charge in [-0.3, -0.25) is 4.79 Å². The molecule has 0 atom stereocenters. The van der Waals surface area contributed by atoms with E-state index in [1.807, 2.05) is 25.1 Å². The lowest BCUT2D eigenvalue weighted by molar-refractivity contribution is 0.0734. The van der Waals surface area contributed by atoms with Gasteiger partial charge < -0.3 is 4.74 Å². The average Bonchev–Trinajstić information content (AvgIpc) is 2.70. The quantitative estimate of drug-likeness (QED) is 0.325. The summed E-state index contributed by atoms with van der Waals surface area (Å²) in [4.78, 5) is 24.0. The van der Waals surface area contributed by atoms with Crippen molar-refractivity contribution in [3.05, 3.63) is 101 Å². The van der Waals surface area contributed by atoms with Gasteiger partial charge in [-0.2, -0.15) is 5.10 Å². The van der Waals surface area contributed by atoms with Crippen LogP contribution in [0.15, 0.2) is 84.0 Å². The van der Waals surface area contributed by atoms with Gasteiger partial charge in [-0.1, -0.05) is 35.9 Å². The molecular weight excluding hydrogens is 340 g/mol. The van der Waals surface area contributed by atoms with Gasteiger partial charge in [0.25, 0.3) is 5.91 Å². The molecule has 1 amide bonds. The summed E-state index contributed by atoms with van der Waals surface area (Å²) in [7, 11) is 0. The first kappa shape index (κ1) is 18.1.